The van der Waals surface area contributed by atoms with Crippen LogP contribution in [-0.4, -0.2) is 33.6 Å². The van der Waals surface area contributed by atoms with E-state index in [-0.39, 0.29) is 5.91 Å². The van der Waals surface area contributed by atoms with Crippen LogP contribution in [0.1, 0.15) is 49.6 Å². The SMILES string of the molecule is CCC1CCCCN1C(=O)Cc1c(C)n[nH]c1C. The van der Waals surface area contributed by atoms with E-state index in [9.17, 15) is 4.79 Å². The second kappa shape index (κ2) is 5.55. The second-order valence-electron chi connectivity index (χ2n) is 5.23. The fraction of sp³-hybridized carbons (Fsp3) is 0.714. The smallest absolute Gasteiger partial charge is 0.227 e. The largest absolute Gasteiger partial charge is 0.339 e. The summed E-state index contributed by atoms with van der Waals surface area (Å²) in [6.45, 7) is 7.04. The summed E-state index contributed by atoms with van der Waals surface area (Å²) in [5.41, 5.74) is 3.04. The van der Waals surface area contributed by atoms with Crippen LogP contribution in [0.25, 0.3) is 0 Å². The standard InChI is InChI=1S/C14H23N3O/c1-4-12-7-5-6-8-17(12)14(18)9-13-10(2)15-16-11(13)3/h12H,4-9H2,1-3H3,(H,15,16). The van der Waals surface area contributed by atoms with Gasteiger partial charge < -0.3 is 4.90 Å². The molecule has 0 radical (unpaired) electrons. The van der Waals surface area contributed by atoms with Gasteiger partial charge in [-0.15, -0.1) is 0 Å². The Bertz CT molecular complexity index is 405. The summed E-state index contributed by atoms with van der Waals surface area (Å²) in [5.74, 6) is 0.258. The number of hydrogen-bond donors (Lipinski definition) is 1. The highest BCUT2D eigenvalue weighted by atomic mass is 16.2. The number of nitrogens with zero attached hydrogens (tertiary/aromatic N) is 2. The van der Waals surface area contributed by atoms with Crippen molar-refractivity contribution in [2.45, 2.75) is 58.9 Å². The molecule has 1 unspecified atom stereocenters. The number of piperidine rings is 1. The average Bonchev–Trinajstić information content (AvgIpc) is 2.70. The number of aromatic amines is 1. The van der Waals surface area contributed by atoms with Gasteiger partial charge in [0.15, 0.2) is 0 Å². The van der Waals surface area contributed by atoms with Crippen LogP contribution < -0.4 is 0 Å². The Labute approximate surface area is 109 Å². The molecular formula is C14H23N3O. The number of likely N-dealkylation sites (tertiary alicyclic amines) is 1. The summed E-state index contributed by atoms with van der Waals surface area (Å²) in [6.07, 6.45) is 5.11. The summed E-state index contributed by atoms with van der Waals surface area (Å²) in [5, 5.41) is 7.11. The van der Waals surface area contributed by atoms with Crippen molar-refractivity contribution in [3.8, 4) is 0 Å². The van der Waals surface area contributed by atoms with Crippen LogP contribution >= 0.6 is 0 Å². The van der Waals surface area contributed by atoms with Crippen LogP contribution in [0.3, 0.4) is 0 Å². The molecule has 0 spiro atoms. The van der Waals surface area contributed by atoms with Crippen LogP contribution in [0.4, 0.5) is 0 Å². The van der Waals surface area contributed by atoms with Gasteiger partial charge in [0, 0.05) is 23.8 Å². The summed E-state index contributed by atoms with van der Waals surface area (Å²) < 4.78 is 0. The third kappa shape index (κ3) is 2.57. The molecule has 0 aromatic carbocycles. The number of amides is 1. The molecule has 4 nitrogen and oxygen atoms in total. The Kier molecular flexibility index (Phi) is 4.04. The van der Waals surface area contributed by atoms with Gasteiger partial charge in [0.1, 0.15) is 0 Å². The van der Waals surface area contributed by atoms with E-state index in [1.807, 2.05) is 13.8 Å². The molecular weight excluding hydrogens is 226 g/mol. The molecule has 1 atom stereocenters. The Hall–Kier alpha value is -1.32. The van der Waals surface area contributed by atoms with Crippen molar-refractivity contribution in [1.29, 1.82) is 0 Å². The van der Waals surface area contributed by atoms with Gasteiger partial charge in [-0.3, -0.25) is 9.89 Å². The van der Waals surface area contributed by atoms with Gasteiger partial charge in [0.2, 0.25) is 5.91 Å². The molecule has 100 valence electrons. The molecule has 1 aromatic heterocycles. The fourth-order valence-corrected chi connectivity index (χ4v) is 2.84. The van der Waals surface area contributed by atoms with Crippen LogP contribution in [0, 0.1) is 13.8 Å². The minimum atomic E-state index is 0.258. The maximum atomic E-state index is 12.4. The lowest BCUT2D eigenvalue weighted by molar-refractivity contribution is -0.134. The number of carbonyl (C=O) groups excluding carboxylic acids is 1. The van der Waals surface area contributed by atoms with Crippen molar-refractivity contribution in [3.63, 3.8) is 0 Å². The summed E-state index contributed by atoms with van der Waals surface area (Å²) in [7, 11) is 0. The first kappa shape index (κ1) is 13.1. The molecule has 1 aliphatic heterocycles. The Balaban J connectivity index is 2.07. The zero-order chi connectivity index (χ0) is 13.1. The number of H-pyrrole nitrogens is 1. The van der Waals surface area contributed by atoms with Gasteiger partial charge in [0.25, 0.3) is 0 Å². The number of nitrogens with one attached hydrogen (secondary N) is 1. The highest BCUT2D eigenvalue weighted by molar-refractivity contribution is 5.79. The van der Waals surface area contributed by atoms with E-state index in [4.69, 9.17) is 0 Å². The molecule has 1 saturated heterocycles. The zero-order valence-corrected chi connectivity index (χ0v) is 11.6. The molecule has 18 heavy (non-hydrogen) atoms. The highest BCUT2D eigenvalue weighted by Crippen LogP contribution is 2.21. The number of carbonyl (C=O) groups is 1. The van der Waals surface area contributed by atoms with Crippen LogP contribution in [0.2, 0.25) is 0 Å². The first-order valence-corrected chi connectivity index (χ1v) is 6.93. The van der Waals surface area contributed by atoms with E-state index in [2.05, 4.69) is 22.0 Å². The summed E-state index contributed by atoms with van der Waals surface area (Å²) in [4.78, 5) is 14.5. The third-order valence-electron chi connectivity index (χ3n) is 4.03. The van der Waals surface area contributed by atoms with E-state index < -0.39 is 0 Å². The van der Waals surface area contributed by atoms with Gasteiger partial charge in [-0.1, -0.05) is 6.92 Å². The van der Waals surface area contributed by atoms with E-state index in [1.165, 1.54) is 6.42 Å². The second-order valence-corrected chi connectivity index (χ2v) is 5.23. The van der Waals surface area contributed by atoms with Crippen LogP contribution in [0.15, 0.2) is 0 Å². The van der Waals surface area contributed by atoms with Crippen molar-refractivity contribution in [2.75, 3.05) is 6.54 Å². The lowest BCUT2D eigenvalue weighted by Gasteiger charge is -2.35. The van der Waals surface area contributed by atoms with E-state index in [0.717, 1.165) is 42.8 Å². The van der Waals surface area contributed by atoms with Crippen molar-refractivity contribution in [3.05, 3.63) is 17.0 Å². The zero-order valence-electron chi connectivity index (χ0n) is 11.6. The van der Waals surface area contributed by atoms with E-state index in [0.29, 0.717) is 12.5 Å². The van der Waals surface area contributed by atoms with Gasteiger partial charge >= 0.3 is 0 Å². The Morgan fingerprint density at radius 1 is 1.44 bits per heavy atom. The quantitative estimate of drug-likeness (QED) is 0.894. The van der Waals surface area contributed by atoms with Gasteiger partial charge in [0.05, 0.1) is 12.1 Å². The van der Waals surface area contributed by atoms with Crippen LogP contribution in [0.5, 0.6) is 0 Å². The number of rotatable bonds is 3. The van der Waals surface area contributed by atoms with Gasteiger partial charge in [-0.05, 0) is 39.5 Å². The first-order valence-electron chi connectivity index (χ1n) is 6.93. The minimum Gasteiger partial charge on any atom is -0.339 e. The predicted octanol–water partition coefficient (Wildman–Crippen LogP) is 2.36. The molecule has 2 rings (SSSR count). The normalized spacial score (nSPS) is 20.2. The van der Waals surface area contributed by atoms with E-state index >= 15 is 0 Å². The molecule has 1 N–H and O–H groups in total. The third-order valence-corrected chi connectivity index (χ3v) is 4.03. The Morgan fingerprint density at radius 2 is 2.22 bits per heavy atom. The topological polar surface area (TPSA) is 49.0 Å². The van der Waals surface area contributed by atoms with Gasteiger partial charge in [-0.2, -0.15) is 5.10 Å². The predicted molar refractivity (Wildman–Crippen MR) is 71.4 cm³/mol. The molecule has 1 fully saturated rings. The molecule has 2 heterocycles. The van der Waals surface area contributed by atoms with Gasteiger partial charge in [-0.25, -0.2) is 0 Å². The number of aromatic nitrogens is 2. The number of aryl methyl sites for hydroxylation is 2. The van der Waals surface area contributed by atoms with Crippen LogP contribution in [-0.2, 0) is 11.2 Å². The molecule has 4 heteroatoms. The molecule has 0 aliphatic carbocycles. The number of hydrogen-bond acceptors (Lipinski definition) is 2. The average molecular weight is 249 g/mol. The molecule has 1 aromatic rings. The van der Waals surface area contributed by atoms with E-state index in [1.54, 1.807) is 0 Å². The molecule has 1 amide bonds. The maximum absolute atomic E-state index is 12.4. The molecule has 1 aliphatic rings. The van der Waals surface area contributed by atoms with Crippen molar-refractivity contribution >= 4 is 5.91 Å². The fourth-order valence-electron chi connectivity index (χ4n) is 2.84. The molecule has 0 saturated carbocycles. The summed E-state index contributed by atoms with van der Waals surface area (Å²) >= 11 is 0. The summed E-state index contributed by atoms with van der Waals surface area (Å²) in [6, 6.07) is 0.443. The lowest BCUT2D eigenvalue weighted by atomic mass is 9.98. The van der Waals surface area contributed by atoms with Crippen molar-refractivity contribution in [2.24, 2.45) is 0 Å². The van der Waals surface area contributed by atoms with Crippen molar-refractivity contribution in [1.82, 2.24) is 15.1 Å². The minimum absolute atomic E-state index is 0.258. The first-order chi connectivity index (χ1) is 8.63. The highest BCUT2D eigenvalue weighted by Gasteiger charge is 2.26. The molecule has 0 bridgehead atoms. The van der Waals surface area contributed by atoms with Crippen molar-refractivity contribution < 1.29 is 4.79 Å². The monoisotopic (exact) mass is 249 g/mol. The Morgan fingerprint density at radius 3 is 2.83 bits per heavy atom. The maximum Gasteiger partial charge on any atom is 0.227 e. The lowest BCUT2D eigenvalue weighted by Crippen LogP contribution is -2.44.